The summed E-state index contributed by atoms with van der Waals surface area (Å²) in [5.41, 5.74) is 0.713. The van der Waals surface area contributed by atoms with E-state index in [4.69, 9.17) is 0 Å². The van der Waals surface area contributed by atoms with Crippen LogP contribution < -0.4 is 10.1 Å². The molecule has 0 aliphatic heterocycles. The molecule has 0 fully saturated rings. The summed E-state index contributed by atoms with van der Waals surface area (Å²) in [7, 11) is 0. The summed E-state index contributed by atoms with van der Waals surface area (Å²) in [5.74, 6) is 0.207. The molecule has 0 aliphatic carbocycles. The van der Waals surface area contributed by atoms with Crippen molar-refractivity contribution in [3.63, 3.8) is 0 Å². The quantitative estimate of drug-likeness (QED) is 0.852. The Bertz CT molecular complexity index is 546. The molecule has 0 radical (unpaired) electrons. The third kappa shape index (κ3) is 4.53. The van der Waals surface area contributed by atoms with Gasteiger partial charge in [0.25, 0.3) is 0 Å². The molecule has 6 heteroatoms. The zero-order chi connectivity index (χ0) is 15.2. The van der Waals surface area contributed by atoms with Crippen LogP contribution in [0.5, 0.6) is 5.75 Å². The molecule has 2 unspecified atom stereocenters. The van der Waals surface area contributed by atoms with E-state index in [1.165, 1.54) is 0 Å². The Hall–Kier alpha value is -1.95. The molecule has 1 aromatic heterocycles. The molecule has 0 saturated carbocycles. The van der Waals surface area contributed by atoms with E-state index < -0.39 is 6.61 Å². The van der Waals surface area contributed by atoms with E-state index in [1.807, 2.05) is 36.9 Å². The standard InChI is InChI=1S/C15H19F2N3O/c1-11(10-20-9-5-8-18-20)19-12(2)13-6-3-4-7-14(13)21-15(16)17/h3-9,11-12,15,19H,10H2,1-2H3. The van der Waals surface area contributed by atoms with Gasteiger partial charge in [-0.25, -0.2) is 0 Å². The van der Waals surface area contributed by atoms with Gasteiger partial charge in [-0.05, 0) is 26.0 Å². The van der Waals surface area contributed by atoms with E-state index in [9.17, 15) is 8.78 Å². The van der Waals surface area contributed by atoms with E-state index in [2.05, 4.69) is 15.2 Å². The van der Waals surface area contributed by atoms with Gasteiger partial charge in [0.2, 0.25) is 0 Å². The van der Waals surface area contributed by atoms with E-state index in [0.29, 0.717) is 12.1 Å². The number of benzene rings is 1. The Labute approximate surface area is 122 Å². The second-order valence-corrected chi connectivity index (χ2v) is 4.93. The molecule has 0 amide bonds. The van der Waals surface area contributed by atoms with Gasteiger partial charge in [-0.1, -0.05) is 18.2 Å². The van der Waals surface area contributed by atoms with Gasteiger partial charge >= 0.3 is 6.61 Å². The maximum atomic E-state index is 12.4. The first-order valence-electron chi connectivity index (χ1n) is 6.83. The molecule has 2 atom stereocenters. The van der Waals surface area contributed by atoms with Crippen LogP contribution in [0.2, 0.25) is 0 Å². The lowest BCUT2D eigenvalue weighted by molar-refractivity contribution is -0.0506. The Morgan fingerprint density at radius 3 is 2.67 bits per heavy atom. The van der Waals surface area contributed by atoms with Crippen molar-refractivity contribution in [1.29, 1.82) is 0 Å². The molecule has 4 nitrogen and oxygen atoms in total. The highest BCUT2D eigenvalue weighted by Gasteiger charge is 2.16. The van der Waals surface area contributed by atoms with E-state index in [0.717, 1.165) is 0 Å². The van der Waals surface area contributed by atoms with Crippen LogP contribution in [-0.2, 0) is 6.54 Å². The molecule has 2 aromatic rings. The number of para-hydroxylation sites is 1. The molecule has 114 valence electrons. The van der Waals surface area contributed by atoms with Crippen molar-refractivity contribution in [2.45, 2.75) is 39.1 Å². The SMILES string of the molecule is CC(Cn1cccn1)NC(C)c1ccccc1OC(F)F. The molecular formula is C15H19F2N3O. The number of aromatic nitrogens is 2. The average Bonchev–Trinajstić information content (AvgIpc) is 2.91. The predicted molar refractivity (Wildman–Crippen MR) is 76.3 cm³/mol. The van der Waals surface area contributed by atoms with Gasteiger partial charge in [0.15, 0.2) is 0 Å². The van der Waals surface area contributed by atoms with Gasteiger partial charge in [0, 0.05) is 30.0 Å². The fourth-order valence-corrected chi connectivity index (χ4v) is 2.30. The maximum absolute atomic E-state index is 12.4. The molecule has 2 rings (SSSR count). The predicted octanol–water partition coefficient (Wildman–Crippen LogP) is 3.22. The van der Waals surface area contributed by atoms with Crippen molar-refractivity contribution in [3.8, 4) is 5.75 Å². The number of ether oxygens (including phenoxy) is 1. The molecule has 0 bridgehead atoms. The Morgan fingerprint density at radius 2 is 2.00 bits per heavy atom. The topological polar surface area (TPSA) is 39.1 Å². The van der Waals surface area contributed by atoms with Gasteiger partial charge in [-0.15, -0.1) is 0 Å². The lowest BCUT2D eigenvalue weighted by Gasteiger charge is -2.22. The number of alkyl halides is 2. The molecule has 1 N–H and O–H groups in total. The first-order chi connectivity index (χ1) is 10.1. The van der Waals surface area contributed by atoms with Crippen LogP contribution in [0.3, 0.4) is 0 Å². The Balaban J connectivity index is 2.00. The largest absolute Gasteiger partial charge is 0.434 e. The fourth-order valence-electron chi connectivity index (χ4n) is 2.30. The minimum Gasteiger partial charge on any atom is -0.434 e. The minimum atomic E-state index is -2.82. The maximum Gasteiger partial charge on any atom is 0.387 e. The van der Waals surface area contributed by atoms with Crippen molar-refractivity contribution in [3.05, 3.63) is 48.3 Å². The summed E-state index contributed by atoms with van der Waals surface area (Å²) in [4.78, 5) is 0. The highest BCUT2D eigenvalue weighted by Crippen LogP contribution is 2.26. The summed E-state index contributed by atoms with van der Waals surface area (Å²) < 4.78 is 31.2. The molecule has 1 heterocycles. The van der Waals surface area contributed by atoms with Crippen molar-refractivity contribution in [2.24, 2.45) is 0 Å². The highest BCUT2D eigenvalue weighted by atomic mass is 19.3. The third-order valence-electron chi connectivity index (χ3n) is 3.16. The molecule has 1 aromatic carbocycles. The number of rotatable bonds is 7. The smallest absolute Gasteiger partial charge is 0.387 e. The Morgan fingerprint density at radius 1 is 1.24 bits per heavy atom. The molecule has 21 heavy (non-hydrogen) atoms. The van der Waals surface area contributed by atoms with Crippen LogP contribution in [0.25, 0.3) is 0 Å². The fraction of sp³-hybridized carbons (Fsp3) is 0.400. The molecule has 0 aliphatic rings. The van der Waals surface area contributed by atoms with Crippen LogP contribution >= 0.6 is 0 Å². The minimum absolute atomic E-state index is 0.106. The van der Waals surface area contributed by atoms with E-state index in [-0.39, 0.29) is 17.8 Å². The first-order valence-corrected chi connectivity index (χ1v) is 6.83. The Kier molecular flexibility index (Phi) is 5.27. The van der Waals surface area contributed by atoms with E-state index >= 15 is 0 Å². The van der Waals surface area contributed by atoms with Crippen LogP contribution in [0.4, 0.5) is 8.78 Å². The number of halogens is 2. The summed E-state index contributed by atoms with van der Waals surface area (Å²) in [5, 5.41) is 7.51. The lowest BCUT2D eigenvalue weighted by atomic mass is 10.1. The monoisotopic (exact) mass is 295 g/mol. The van der Waals surface area contributed by atoms with Crippen molar-refractivity contribution in [1.82, 2.24) is 15.1 Å². The highest BCUT2D eigenvalue weighted by molar-refractivity contribution is 5.35. The van der Waals surface area contributed by atoms with E-state index in [1.54, 1.807) is 24.4 Å². The van der Waals surface area contributed by atoms with Crippen molar-refractivity contribution >= 4 is 0 Å². The third-order valence-corrected chi connectivity index (χ3v) is 3.16. The second-order valence-electron chi connectivity index (χ2n) is 4.93. The summed E-state index contributed by atoms with van der Waals surface area (Å²) in [6.07, 6.45) is 3.61. The molecular weight excluding hydrogens is 276 g/mol. The zero-order valence-electron chi connectivity index (χ0n) is 12.0. The molecule has 0 saturated heterocycles. The number of hydrogen-bond acceptors (Lipinski definition) is 3. The summed E-state index contributed by atoms with van der Waals surface area (Å²) >= 11 is 0. The number of nitrogens with zero attached hydrogens (tertiary/aromatic N) is 2. The number of nitrogens with one attached hydrogen (secondary N) is 1. The van der Waals surface area contributed by atoms with Gasteiger partial charge in [-0.2, -0.15) is 13.9 Å². The summed E-state index contributed by atoms with van der Waals surface area (Å²) in [6.45, 7) is 1.83. The zero-order valence-corrected chi connectivity index (χ0v) is 12.0. The van der Waals surface area contributed by atoms with Crippen LogP contribution in [0.1, 0.15) is 25.5 Å². The molecule has 0 spiro atoms. The van der Waals surface area contributed by atoms with Gasteiger partial charge in [0.05, 0.1) is 6.54 Å². The normalized spacial score (nSPS) is 14.1. The van der Waals surface area contributed by atoms with Crippen LogP contribution in [0.15, 0.2) is 42.7 Å². The van der Waals surface area contributed by atoms with Crippen molar-refractivity contribution in [2.75, 3.05) is 0 Å². The van der Waals surface area contributed by atoms with Crippen LogP contribution in [0, 0.1) is 0 Å². The van der Waals surface area contributed by atoms with Gasteiger partial charge in [-0.3, -0.25) is 4.68 Å². The lowest BCUT2D eigenvalue weighted by Crippen LogP contribution is -2.33. The van der Waals surface area contributed by atoms with Crippen LogP contribution in [-0.4, -0.2) is 22.4 Å². The first kappa shape index (κ1) is 15.4. The average molecular weight is 295 g/mol. The van der Waals surface area contributed by atoms with Gasteiger partial charge < -0.3 is 10.1 Å². The van der Waals surface area contributed by atoms with Crippen molar-refractivity contribution < 1.29 is 13.5 Å². The van der Waals surface area contributed by atoms with Gasteiger partial charge in [0.1, 0.15) is 5.75 Å². The number of hydrogen-bond donors (Lipinski definition) is 1. The summed E-state index contributed by atoms with van der Waals surface area (Å²) in [6, 6.07) is 8.73. The second kappa shape index (κ2) is 7.17.